The predicted octanol–water partition coefficient (Wildman–Crippen LogP) is 4.07. The Morgan fingerprint density at radius 2 is 2.35 bits per heavy atom. The van der Waals surface area contributed by atoms with Crippen molar-refractivity contribution in [3.8, 4) is 0 Å². The minimum Gasteiger partial charge on any atom is -0.376 e. The molecule has 0 spiro atoms. The van der Waals surface area contributed by atoms with Crippen molar-refractivity contribution in [1.29, 1.82) is 0 Å². The monoisotopic (exact) mass is 354 g/mol. The maximum Gasteiger partial charge on any atom is 0.113 e. The van der Waals surface area contributed by atoms with Crippen molar-refractivity contribution >= 4 is 27.5 Å². The Morgan fingerprint density at radius 3 is 3.10 bits per heavy atom. The number of aromatic nitrogens is 2. The molecule has 106 valence electrons. The number of hydrogen-bond donors (Lipinski definition) is 0. The molecule has 0 bridgehead atoms. The van der Waals surface area contributed by atoms with Gasteiger partial charge in [-0.05, 0) is 46.5 Å². The zero-order valence-electron chi connectivity index (χ0n) is 11.1. The summed E-state index contributed by atoms with van der Waals surface area (Å²) in [4.78, 5) is 4.46. The van der Waals surface area contributed by atoms with Gasteiger partial charge in [-0.3, -0.25) is 0 Å². The molecule has 0 saturated carbocycles. The molecule has 1 aromatic carbocycles. The van der Waals surface area contributed by atoms with Gasteiger partial charge in [0.25, 0.3) is 0 Å². The van der Waals surface area contributed by atoms with Crippen molar-refractivity contribution in [2.45, 2.75) is 31.9 Å². The molecular formula is C15H16BrClN2O. The third kappa shape index (κ3) is 3.25. The molecule has 1 atom stereocenters. The second-order valence-electron chi connectivity index (χ2n) is 5.06. The van der Waals surface area contributed by atoms with E-state index in [1.165, 1.54) is 12.0 Å². The van der Waals surface area contributed by atoms with Crippen LogP contribution >= 0.6 is 27.5 Å². The average Bonchev–Trinajstić information content (AvgIpc) is 3.07. The summed E-state index contributed by atoms with van der Waals surface area (Å²) in [5.74, 6) is 1.06. The van der Waals surface area contributed by atoms with Gasteiger partial charge in [0.05, 0.1) is 17.7 Å². The van der Waals surface area contributed by atoms with E-state index in [1.54, 1.807) is 0 Å². The van der Waals surface area contributed by atoms with E-state index in [0.717, 1.165) is 41.3 Å². The van der Waals surface area contributed by atoms with Gasteiger partial charge in [0.15, 0.2) is 0 Å². The lowest BCUT2D eigenvalue weighted by Gasteiger charge is -2.13. The standard InChI is InChI=1S/C15H16BrClN2O/c16-13-8-11(3-4-14(13)17)9-15-18-5-6-19(15)10-12-2-1-7-20-12/h3-6,8,12H,1-2,7,9-10H2. The molecule has 0 aliphatic carbocycles. The molecular weight excluding hydrogens is 340 g/mol. The lowest BCUT2D eigenvalue weighted by Crippen LogP contribution is -2.16. The van der Waals surface area contributed by atoms with Crippen molar-refractivity contribution in [3.63, 3.8) is 0 Å². The number of halogens is 2. The summed E-state index contributed by atoms with van der Waals surface area (Å²) in [7, 11) is 0. The fourth-order valence-corrected chi connectivity index (χ4v) is 3.06. The van der Waals surface area contributed by atoms with E-state index >= 15 is 0 Å². The van der Waals surface area contributed by atoms with Crippen LogP contribution in [0.25, 0.3) is 0 Å². The van der Waals surface area contributed by atoms with Crippen molar-refractivity contribution < 1.29 is 4.74 Å². The molecule has 0 N–H and O–H groups in total. The largest absolute Gasteiger partial charge is 0.376 e. The normalized spacial score (nSPS) is 18.6. The first kappa shape index (κ1) is 14.1. The first-order valence-corrected chi connectivity index (χ1v) is 7.95. The van der Waals surface area contributed by atoms with Gasteiger partial charge in [0.2, 0.25) is 0 Å². The number of nitrogens with zero attached hydrogens (tertiary/aromatic N) is 2. The molecule has 0 amide bonds. The molecule has 1 aliphatic heterocycles. The number of imidazole rings is 1. The van der Waals surface area contributed by atoms with Crippen LogP contribution in [0.2, 0.25) is 5.02 Å². The number of hydrogen-bond acceptors (Lipinski definition) is 2. The highest BCUT2D eigenvalue weighted by Gasteiger charge is 2.17. The van der Waals surface area contributed by atoms with E-state index in [4.69, 9.17) is 16.3 Å². The SMILES string of the molecule is Clc1ccc(Cc2nccn2CC2CCCO2)cc1Br. The summed E-state index contributed by atoms with van der Waals surface area (Å²) in [5.41, 5.74) is 1.20. The fraction of sp³-hybridized carbons (Fsp3) is 0.400. The Labute approximate surface area is 132 Å². The number of rotatable bonds is 4. The van der Waals surface area contributed by atoms with E-state index in [0.29, 0.717) is 6.10 Å². The van der Waals surface area contributed by atoms with Crippen molar-refractivity contribution in [3.05, 3.63) is 51.5 Å². The summed E-state index contributed by atoms with van der Waals surface area (Å²) >= 11 is 9.48. The van der Waals surface area contributed by atoms with Crippen LogP contribution in [0.3, 0.4) is 0 Å². The molecule has 2 aromatic rings. The van der Waals surface area contributed by atoms with Gasteiger partial charge >= 0.3 is 0 Å². The highest BCUT2D eigenvalue weighted by atomic mass is 79.9. The number of ether oxygens (including phenoxy) is 1. The second kappa shape index (κ2) is 6.29. The van der Waals surface area contributed by atoms with Crippen molar-refractivity contribution in [2.75, 3.05) is 6.61 Å². The second-order valence-corrected chi connectivity index (χ2v) is 6.32. The average molecular weight is 356 g/mol. The minimum absolute atomic E-state index is 0.333. The van der Waals surface area contributed by atoms with Crippen LogP contribution in [0.1, 0.15) is 24.2 Å². The molecule has 1 aromatic heterocycles. The van der Waals surface area contributed by atoms with Crippen LogP contribution in [0.15, 0.2) is 35.1 Å². The van der Waals surface area contributed by atoms with Crippen LogP contribution in [0.4, 0.5) is 0 Å². The van der Waals surface area contributed by atoms with Crippen LogP contribution in [0, 0.1) is 0 Å². The molecule has 1 unspecified atom stereocenters. The molecule has 5 heteroatoms. The highest BCUT2D eigenvalue weighted by molar-refractivity contribution is 9.10. The first-order chi connectivity index (χ1) is 9.72. The zero-order chi connectivity index (χ0) is 13.9. The third-order valence-corrected chi connectivity index (χ3v) is 4.79. The lowest BCUT2D eigenvalue weighted by atomic mass is 10.1. The molecule has 3 rings (SSSR count). The Morgan fingerprint density at radius 1 is 1.45 bits per heavy atom. The van der Waals surface area contributed by atoms with Gasteiger partial charge in [-0.15, -0.1) is 0 Å². The topological polar surface area (TPSA) is 27.1 Å². The first-order valence-electron chi connectivity index (χ1n) is 6.78. The van der Waals surface area contributed by atoms with E-state index in [2.05, 4.69) is 25.5 Å². The van der Waals surface area contributed by atoms with Gasteiger partial charge in [-0.25, -0.2) is 4.98 Å². The number of benzene rings is 1. The van der Waals surface area contributed by atoms with Gasteiger partial charge in [0.1, 0.15) is 5.82 Å². The summed E-state index contributed by atoms with van der Waals surface area (Å²) in [6.07, 6.45) is 7.33. The van der Waals surface area contributed by atoms with Gasteiger partial charge in [-0.2, -0.15) is 0 Å². The summed E-state index contributed by atoms with van der Waals surface area (Å²) in [6, 6.07) is 6.00. The summed E-state index contributed by atoms with van der Waals surface area (Å²) < 4.78 is 8.81. The zero-order valence-corrected chi connectivity index (χ0v) is 13.4. The third-order valence-electron chi connectivity index (χ3n) is 3.57. The van der Waals surface area contributed by atoms with E-state index < -0.39 is 0 Å². The van der Waals surface area contributed by atoms with Gasteiger partial charge in [0, 0.05) is 29.9 Å². The van der Waals surface area contributed by atoms with Crippen molar-refractivity contribution in [1.82, 2.24) is 9.55 Å². The molecule has 3 nitrogen and oxygen atoms in total. The van der Waals surface area contributed by atoms with E-state index in [9.17, 15) is 0 Å². The molecule has 2 heterocycles. The Hall–Kier alpha value is -0.840. The van der Waals surface area contributed by atoms with Crippen LogP contribution < -0.4 is 0 Å². The predicted molar refractivity (Wildman–Crippen MR) is 83.2 cm³/mol. The Bertz CT molecular complexity index is 593. The van der Waals surface area contributed by atoms with E-state index in [1.807, 2.05) is 30.6 Å². The highest BCUT2D eigenvalue weighted by Crippen LogP contribution is 2.24. The minimum atomic E-state index is 0.333. The fourth-order valence-electron chi connectivity index (χ4n) is 2.51. The molecule has 1 fully saturated rings. The van der Waals surface area contributed by atoms with Crippen molar-refractivity contribution in [2.24, 2.45) is 0 Å². The van der Waals surface area contributed by atoms with Crippen LogP contribution in [0.5, 0.6) is 0 Å². The smallest absolute Gasteiger partial charge is 0.113 e. The van der Waals surface area contributed by atoms with E-state index in [-0.39, 0.29) is 0 Å². The Balaban J connectivity index is 1.73. The lowest BCUT2D eigenvalue weighted by molar-refractivity contribution is 0.0963. The van der Waals surface area contributed by atoms with Crippen LogP contribution in [-0.2, 0) is 17.7 Å². The van der Waals surface area contributed by atoms with Gasteiger partial charge < -0.3 is 9.30 Å². The van der Waals surface area contributed by atoms with Gasteiger partial charge in [-0.1, -0.05) is 17.7 Å². The molecule has 20 heavy (non-hydrogen) atoms. The van der Waals surface area contributed by atoms with Crippen LogP contribution in [-0.4, -0.2) is 22.3 Å². The molecule has 1 aliphatic rings. The summed E-state index contributed by atoms with van der Waals surface area (Å²) in [6.45, 7) is 1.78. The maximum atomic E-state index is 6.02. The molecule has 1 saturated heterocycles. The molecule has 0 radical (unpaired) electrons. The maximum absolute atomic E-state index is 6.02. The quantitative estimate of drug-likeness (QED) is 0.826. The Kier molecular flexibility index (Phi) is 4.44. The summed E-state index contributed by atoms with van der Waals surface area (Å²) in [5, 5.41) is 0.733.